The Hall–Kier alpha value is -1.09. The van der Waals surface area contributed by atoms with E-state index in [2.05, 4.69) is 0 Å². The van der Waals surface area contributed by atoms with Gasteiger partial charge >= 0.3 is 6.16 Å². The fourth-order valence-corrected chi connectivity index (χ4v) is 8.33. The van der Waals surface area contributed by atoms with Gasteiger partial charge in [-0.05, 0) is 42.5 Å². The molecule has 7 nitrogen and oxygen atoms in total. The van der Waals surface area contributed by atoms with E-state index < -0.39 is 58.3 Å². The number of ether oxygens (including phenoxy) is 3. The lowest BCUT2D eigenvalue weighted by atomic mass is 9.42. The molecule has 1 N–H and O–H groups in total. The largest absolute Gasteiger partial charge is 0.509 e. The first-order chi connectivity index (χ1) is 15.4. The molecule has 32 heavy (non-hydrogen) atoms. The predicted octanol–water partition coefficient (Wildman–Crippen LogP) is 3.68. The molecule has 0 amide bonds. The Balaban J connectivity index is 1.79. The summed E-state index contributed by atoms with van der Waals surface area (Å²) >= 11 is 1.03. The van der Waals surface area contributed by atoms with Crippen molar-refractivity contribution in [1.29, 1.82) is 0 Å². The first-order valence-corrected chi connectivity index (χ1v) is 12.3. The predicted molar refractivity (Wildman–Crippen MR) is 118 cm³/mol. The minimum Gasteiger partial charge on any atom is -0.426 e. The van der Waals surface area contributed by atoms with E-state index in [0.29, 0.717) is 12.8 Å². The molecule has 2 saturated carbocycles. The van der Waals surface area contributed by atoms with Gasteiger partial charge in [-0.1, -0.05) is 34.6 Å². The number of carbonyl (C=O) groups excluding carboxylic acids is 2. The summed E-state index contributed by atoms with van der Waals surface area (Å²) in [7, 11) is 0. The normalized spacial score (nSPS) is 51.8. The van der Waals surface area contributed by atoms with Crippen molar-refractivity contribution >= 4 is 24.0 Å². The van der Waals surface area contributed by atoms with E-state index in [1.165, 1.54) is 0 Å². The van der Waals surface area contributed by atoms with E-state index in [1.54, 1.807) is 0 Å². The van der Waals surface area contributed by atoms with Crippen molar-refractivity contribution in [2.45, 2.75) is 83.9 Å². The van der Waals surface area contributed by atoms with Crippen LogP contribution in [0.1, 0.15) is 55.8 Å². The van der Waals surface area contributed by atoms with Gasteiger partial charge in [0.05, 0.1) is 18.8 Å². The fraction of sp³-hybridized carbons (Fsp3) is 0.833. The highest BCUT2D eigenvalue weighted by atomic mass is 32.2. The molecule has 2 heterocycles. The highest BCUT2D eigenvalue weighted by Gasteiger charge is 2.78. The van der Waals surface area contributed by atoms with Gasteiger partial charge in [0.1, 0.15) is 11.4 Å². The van der Waals surface area contributed by atoms with Gasteiger partial charge < -0.3 is 23.5 Å². The number of aliphatic hydroxyl groups is 1. The highest BCUT2D eigenvalue weighted by molar-refractivity contribution is 7.93. The fourth-order valence-electron chi connectivity index (χ4n) is 7.95. The zero-order chi connectivity index (χ0) is 24.1. The Bertz CT molecular complexity index is 936. The number of carbonyl (C=O) groups is 2. The second kappa shape index (κ2) is 6.74. The summed E-state index contributed by atoms with van der Waals surface area (Å²) in [5.41, 5.74) is -2.21. The summed E-state index contributed by atoms with van der Waals surface area (Å²) in [5.74, 6) is -1.15. The van der Waals surface area contributed by atoms with Gasteiger partial charge in [-0.3, -0.25) is 4.79 Å². The average Bonchev–Trinajstić information content (AvgIpc) is 3.07. The second-order valence-electron chi connectivity index (χ2n) is 11.2. The summed E-state index contributed by atoms with van der Waals surface area (Å²) in [6.07, 6.45) is -1.52. The van der Waals surface area contributed by atoms with E-state index in [0.717, 1.165) is 23.2 Å². The van der Waals surface area contributed by atoms with Crippen LogP contribution in [0.2, 0.25) is 0 Å². The Morgan fingerprint density at radius 3 is 2.59 bits per heavy atom. The number of rotatable bonds is 2. The molecule has 1 spiro atoms. The third-order valence-electron chi connectivity index (χ3n) is 9.77. The molecule has 5 rings (SSSR count). The van der Waals surface area contributed by atoms with Crippen molar-refractivity contribution in [2.24, 2.45) is 28.6 Å². The highest BCUT2D eigenvalue weighted by Crippen LogP contribution is 2.67. The van der Waals surface area contributed by atoms with Gasteiger partial charge in [0.25, 0.3) is 0 Å². The first kappa shape index (κ1) is 21.4. The second-order valence-corrected chi connectivity index (χ2v) is 11.6. The van der Waals surface area contributed by atoms with Gasteiger partial charge in [0.15, 0.2) is 11.7 Å². The third-order valence-corrected chi connectivity index (χ3v) is 10.1. The Kier molecular flexibility index (Phi) is 4.52. The van der Waals surface area contributed by atoms with Gasteiger partial charge in [-0.2, -0.15) is 0 Å². The van der Waals surface area contributed by atoms with Crippen LogP contribution >= 0.6 is 12.0 Å². The average molecular weight is 469 g/mol. The Morgan fingerprint density at radius 2 is 1.97 bits per heavy atom. The number of ketones is 1. The molecule has 0 aromatic rings. The molecule has 2 aliphatic heterocycles. The lowest BCUT2D eigenvalue weighted by molar-refractivity contribution is -0.327. The van der Waals surface area contributed by atoms with Crippen LogP contribution in [0.4, 0.5) is 4.79 Å². The van der Waals surface area contributed by atoms with E-state index in [1.807, 2.05) is 41.5 Å². The molecule has 5 aliphatic rings. The number of fused-ring (bicyclic) bond motifs is 5. The zero-order valence-corrected chi connectivity index (χ0v) is 20.4. The molecular weight excluding hydrogens is 432 g/mol. The Labute approximate surface area is 195 Å². The number of Topliss-reactive ketones (excluding diaryl/α,β-unsaturated/α-hetero) is 1. The molecular formula is C24H34O7S. The molecule has 2 bridgehead atoms. The van der Waals surface area contributed by atoms with Crippen LogP contribution in [0.15, 0.2) is 11.1 Å². The van der Waals surface area contributed by atoms with Crippen LogP contribution in [-0.4, -0.2) is 59.4 Å². The lowest BCUT2D eigenvalue weighted by Crippen LogP contribution is -2.78. The van der Waals surface area contributed by atoms with Gasteiger partial charge in [-0.15, -0.1) is 0 Å². The topological polar surface area (TPSA) is 91.3 Å². The minimum atomic E-state index is -1.28. The maximum atomic E-state index is 14.4. The zero-order valence-electron chi connectivity index (χ0n) is 20.6. The van der Waals surface area contributed by atoms with Crippen LogP contribution in [0.25, 0.3) is 0 Å². The van der Waals surface area contributed by atoms with Crippen molar-refractivity contribution in [1.82, 2.24) is 0 Å². The quantitative estimate of drug-likeness (QED) is 0.373. The summed E-state index contributed by atoms with van der Waals surface area (Å²) in [6.45, 7) is 12.0. The molecule has 1 unspecified atom stereocenters. The standard InChI is InChI=1S/C24H34O7S/c1-11-8-15-23(27,10-28-15)17-19-24(30-20(26)29-19)9-14(31-32-7)12(2)16(21(24,4)5)13(3)18(25)22(11,17)6/h11,13-15,17,19,27H,8-10H2,1-7H3/t11-,13+,14-,15+,17-,19?,22+,23-,24+/m0/s1/i7T. The van der Waals surface area contributed by atoms with E-state index in [9.17, 15) is 14.7 Å². The SMILES string of the molecule is [3H]CSO[C@H]1C[C@@]23OC(=O)OC2[C@@H]2[C@]4(O)CO[C@@H]4C[C@H](C)[C@@]2(C)C(=O)[C@H](C)C(=C1C)C3(C)C. The molecule has 8 heteroatoms. The van der Waals surface area contributed by atoms with Crippen LogP contribution in [0.5, 0.6) is 0 Å². The van der Waals surface area contributed by atoms with Crippen molar-refractivity contribution in [2.75, 3.05) is 12.8 Å². The maximum Gasteiger partial charge on any atom is 0.509 e. The summed E-state index contributed by atoms with van der Waals surface area (Å²) in [6, 6.07) is 0. The van der Waals surface area contributed by atoms with Crippen LogP contribution < -0.4 is 0 Å². The summed E-state index contributed by atoms with van der Waals surface area (Å²) < 4.78 is 31.3. The van der Waals surface area contributed by atoms with Crippen molar-refractivity contribution in [3.05, 3.63) is 11.1 Å². The van der Waals surface area contributed by atoms with E-state index in [4.69, 9.17) is 19.8 Å². The molecule has 0 radical (unpaired) electrons. The Morgan fingerprint density at radius 1 is 1.25 bits per heavy atom. The summed E-state index contributed by atoms with van der Waals surface area (Å²) in [4.78, 5) is 27.2. The van der Waals surface area contributed by atoms with Crippen molar-refractivity contribution < 1.29 is 34.5 Å². The smallest absolute Gasteiger partial charge is 0.426 e. The molecule has 0 aromatic heterocycles. The summed E-state index contributed by atoms with van der Waals surface area (Å²) in [5, 5.41) is 11.9. The lowest BCUT2D eigenvalue weighted by Gasteiger charge is -2.66. The molecule has 2 saturated heterocycles. The third kappa shape index (κ3) is 2.40. The number of hydrogen-bond donors (Lipinski definition) is 1. The molecule has 178 valence electrons. The van der Waals surface area contributed by atoms with Gasteiger partial charge in [0.2, 0.25) is 0 Å². The van der Waals surface area contributed by atoms with Crippen LogP contribution in [0.3, 0.4) is 0 Å². The van der Waals surface area contributed by atoms with Gasteiger partial charge in [-0.25, -0.2) is 4.79 Å². The minimum absolute atomic E-state index is 0.0285. The maximum absolute atomic E-state index is 14.4. The van der Waals surface area contributed by atoms with E-state index >= 15 is 0 Å². The molecule has 3 aliphatic carbocycles. The van der Waals surface area contributed by atoms with Crippen molar-refractivity contribution in [3.8, 4) is 0 Å². The molecule has 4 fully saturated rings. The molecule has 9 atom stereocenters. The van der Waals surface area contributed by atoms with Crippen LogP contribution in [-0.2, 0) is 23.2 Å². The van der Waals surface area contributed by atoms with Gasteiger partial charge in [0, 0.05) is 36.7 Å². The molecule has 0 aromatic carbocycles. The number of hydrogen-bond acceptors (Lipinski definition) is 8. The monoisotopic (exact) mass is 468 g/mol. The van der Waals surface area contributed by atoms with Crippen LogP contribution in [0, 0.1) is 28.6 Å². The van der Waals surface area contributed by atoms with E-state index in [-0.39, 0.29) is 24.5 Å². The first-order valence-electron chi connectivity index (χ1n) is 12.1. The van der Waals surface area contributed by atoms with Crippen molar-refractivity contribution in [3.63, 3.8) is 0 Å².